The van der Waals surface area contributed by atoms with Gasteiger partial charge in [0.1, 0.15) is 0 Å². The smallest absolute Gasteiger partial charge is 0.166 e. The van der Waals surface area contributed by atoms with Gasteiger partial charge in [-0.2, -0.15) is 0 Å². The number of hydrogen-bond acceptors (Lipinski definition) is 0. The van der Waals surface area contributed by atoms with Crippen LogP contribution in [-0.2, 0) is 12.8 Å². The third kappa shape index (κ3) is 7.25. The van der Waals surface area contributed by atoms with Crippen molar-refractivity contribution in [3.05, 3.63) is 83.4 Å². The summed E-state index contributed by atoms with van der Waals surface area (Å²) in [5, 5.41) is 0. The minimum absolute atomic E-state index is 0.0876. The van der Waals surface area contributed by atoms with Crippen LogP contribution < -0.4 is 0 Å². The van der Waals surface area contributed by atoms with Gasteiger partial charge in [0, 0.05) is 5.56 Å². The van der Waals surface area contributed by atoms with E-state index in [0.717, 1.165) is 24.0 Å². The standard InChI is InChI=1S/C31H38F2/c1-5-6-7-8-9-10-23-11-13-24(14-12-23)25-15-17-26(18-16-25)28-20-19-27(29(32)30(28)33)21-22-31(2,3)4/h11-20H,5-10,21-22H2,1-4H3. The summed E-state index contributed by atoms with van der Waals surface area (Å²) in [4.78, 5) is 0. The molecule has 0 nitrogen and oxygen atoms in total. The maximum atomic E-state index is 14.8. The van der Waals surface area contributed by atoms with Crippen molar-refractivity contribution in [1.82, 2.24) is 0 Å². The molecule has 3 aromatic carbocycles. The molecule has 0 N–H and O–H groups in total. The third-order valence-electron chi connectivity index (χ3n) is 6.36. The molecule has 0 radical (unpaired) electrons. The molecule has 0 saturated carbocycles. The topological polar surface area (TPSA) is 0 Å². The van der Waals surface area contributed by atoms with Gasteiger partial charge >= 0.3 is 0 Å². The van der Waals surface area contributed by atoms with E-state index < -0.39 is 11.6 Å². The monoisotopic (exact) mass is 448 g/mol. The summed E-state index contributed by atoms with van der Waals surface area (Å²) in [5.41, 5.74) is 5.14. The summed E-state index contributed by atoms with van der Waals surface area (Å²) in [6.45, 7) is 8.57. The van der Waals surface area contributed by atoms with Gasteiger partial charge < -0.3 is 0 Å². The van der Waals surface area contributed by atoms with Gasteiger partial charge in [-0.3, -0.25) is 0 Å². The van der Waals surface area contributed by atoms with E-state index in [1.807, 2.05) is 24.3 Å². The summed E-state index contributed by atoms with van der Waals surface area (Å²) in [6.07, 6.45) is 8.95. The predicted octanol–water partition coefficient (Wildman–Crippen LogP) is 9.79. The molecule has 3 rings (SSSR count). The minimum Gasteiger partial charge on any atom is -0.203 e. The largest absolute Gasteiger partial charge is 0.203 e. The van der Waals surface area contributed by atoms with E-state index in [1.54, 1.807) is 12.1 Å². The first kappa shape index (κ1) is 25.1. The van der Waals surface area contributed by atoms with Crippen LogP contribution in [0.3, 0.4) is 0 Å². The fourth-order valence-corrected chi connectivity index (χ4v) is 4.15. The highest BCUT2D eigenvalue weighted by Crippen LogP contribution is 2.31. The lowest BCUT2D eigenvalue weighted by molar-refractivity contribution is 0.373. The SMILES string of the molecule is CCCCCCCc1ccc(-c2ccc(-c3ccc(CCC(C)(C)C)c(F)c3F)cc2)cc1. The predicted molar refractivity (Wildman–Crippen MR) is 137 cm³/mol. The molecule has 0 aliphatic heterocycles. The van der Waals surface area contributed by atoms with Crippen molar-refractivity contribution in [2.24, 2.45) is 5.41 Å². The van der Waals surface area contributed by atoms with Gasteiger partial charge in [0.15, 0.2) is 11.6 Å². The maximum absolute atomic E-state index is 14.8. The van der Waals surface area contributed by atoms with Gasteiger partial charge in [-0.15, -0.1) is 0 Å². The maximum Gasteiger partial charge on any atom is 0.166 e. The van der Waals surface area contributed by atoms with E-state index in [4.69, 9.17) is 0 Å². The Labute approximate surface area is 199 Å². The number of rotatable bonds is 10. The quantitative estimate of drug-likeness (QED) is 0.271. The van der Waals surface area contributed by atoms with Crippen molar-refractivity contribution in [3.8, 4) is 22.3 Å². The minimum atomic E-state index is -0.752. The van der Waals surface area contributed by atoms with Gasteiger partial charge in [-0.25, -0.2) is 8.78 Å². The van der Waals surface area contributed by atoms with Crippen LogP contribution in [0.1, 0.15) is 77.3 Å². The van der Waals surface area contributed by atoms with E-state index in [2.05, 4.69) is 52.0 Å². The second-order valence-corrected chi connectivity index (χ2v) is 10.4. The Morgan fingerprint density at radius 2 is 1.18 bits per heavy atom. The molecule has 0 saturated heterocycles. The normalized spacial score (nSPS) is 11.7. The fraction of sp³-hybridized carbons (Fsp3) is 0.419. The summed E-state index contributed by atoms with van der Waals surface area (Å²) in [7, 11) is 0. The lowest BCUT2D eigenvalue weighted by atomic mass is 9.88. The first-order valence-electron chi connectivity index (χ1n) is 12.4. The highest BCUT2D eigenvalue weighted by molar-refractivity contribution is 5.71. The number of hydrogen-bond donors (Lipinski definition) is 0. The van der Waals surface area contributed by atoms with Crippen LogP contribution in [0.15, 0.2) is 60.7 Å². The Balaban J connectivity index is 1.67. The molecule has 0 bridgehead atoms. The second kappa shape index (κ2) is 11.6. The van der Waals surface area contributed by atoms with Crippen LogP contribution in [0.2, 0.25) is 0 Å². The number of halogens is 2. The molecule has 0 spiro atoms. The summed E-state index contributed by atoms with van der Waals surface area (Å²) in [6, 6.07) is 19.9. The molecule has 33 heavy (non-hydrogen) atoms. The molecule has 0 aliphatic rings. The molecule has 0 fully saturated rings. The molecule has 0 aromatic heterocycles. The number of unbranched alkanes of at least 4 members (excludes halogenated alkanes) is 4. The lowest BCUT2D eigenvalue weighted by Crippen LogP contribution is -2.08. The Kier molecular flexibility index (Phi) is 8.83. The van der Waals surface area contributed by atoms with E-state index in [1.165, 1.54) is 37.7 Å². The van der Waals surface area contributed by atoms with Crippen molar-refractivity contribution >= 4 is 0 Å². The summed E-state index contributed by atoms with van der Waals surface area (Å²) < 4.78 is 29.5. The zero-order valence-corrected chi connectivity index (χ0v) is 20.7. The first-order valence-corrected chi connectivity index (χ1v) is 12.4. The van der Waals surface area contributed by atoms with E-state index in [-0.39, 0.29) is 5.41 Å². The highest BCUT2D eigenvalue weighted by Gasteiger charge is 2.17. The van der Waals surface area contributed by atoms with Crippen LogP contribution in [0.5, 0.6) is 0 Å². The molecule has 0 atom stereocenters. The number of benzene rings is 3. The van der Waals surface area contributed by atoms with Crippen LogP contribution in [0.4, 0.5) is 8.78 Å². The average molecular weight is 449 g/mol. The van der Waals surface area contributed by atoms with Crippen molar-refractivity contribution in [2.75, 3.05) is 0 Å². The molecular formula is C31H38F2. The van der Waals surface area contributed by atoms with E-state index in [0.29, 0.717) is 23.1 Å². The van der Waals surface area contributed by atoms with Gasteiger partial charge in [-0.05, 0) is 58.9 Å². The Morgan fingerprint density at radius 1 is 0.606 bits per heavy atom. The first-order chi connectivity index (χ1) is 15.8. The molecule has 2 heteroatoms. The zero-order valence-electron chi connectivity index (χ0n) is 20.7. The molecule has 176 valence electrons. The van der Waals surface area contributed by atoms with Gasteiger partial charge in [-0.1, -0.05) is 114 Å². The molecule has 0 unspecified atom stereocenters. The van der Waals surface area contributed by atoms with Crippen molar-refractivity contribution in [1.29, 1.82) is 0 Å². The Hall–Kier alpha value is -2.48. The average Bonchev–Trinajstić information content (AvgIpc) is 2.80. The lowest BCUT2D eigenvalue weighted by Gasteiger charge is -2.18. The second-order valence-electron chi connectivity index (χ2n) is 10.4. The van der Waals surface area contributed by atoms with Crippen LogP contribution >= 0.6 is 0 Å². The zero-order chi connectivity index (χ0) is 23.8. The molecular weight excluding hydrogens is 410 g/mol. The Bertz CT molecular complexity index is 1010. The molecule has 0 aliphatic carbocycles. The van der Waals surface area contributed by atoms with E-state index in [9.17, 15) is 8.78 Å². The molecule has 3 aromatic rings. The third-order valence-corrected chi connectivity index (χ3v) is 6.36. The summed E-state index contributed by atoms with van der Waals surface area (Å²) >= 11 is 0. The van der Waals surface area contributed by atoms with Crippen molar-refractivity contribution < 1.29 is 8.78 Å². The molecule has 0 amide bonds. The van der Waals surface area contributed by atoms with E-state index >= 15 is 0 Å². The van der Waals surface area contributed by atoms with Gasteiger partial charge in [0.05, 0.1) is 0 Å². The van der Waals surface area contributed by atoms with Crippen LogP contribution in [0.25, 0.3) is 22.3 Å². The van der Waals surface area contributed by atoms with Crippen LogP contribution in [-0.4, -0.2) is 0 Å². The summed E-state index contributed by atoms with van der Waals surface area (Å²) in [5.74, 6) is -1.47. The molecule has 0 heterocycles. The van der Waals surface area contributed by atoms with Gasteiger partial charge in [0.2, 0.25) is 0 Å². The van der Waals surface area contributed by atoms with Crippen LogP contribution in [0, 0.1) is 17.0 Å². The number of aryl methyl sites for hydroxylation is 2. The highest BCUT2D eigenvalue weighted by atomic mass is 19.2. The van der Waals surface area contributed by atoms with Gasteiger partial charge in [0.25, 0.3) is 0 Å². The Morgan fingerprint density at radius 3 is 1.79 bits per heavy atom. The van der Waals surface area contributed by atoms with Crippen molar-refractivity contribution in [2.45, 2.75) is 79.1 Å². The van der Waals surface area contributed by atoms with Crippen molar-refractivity contribution in [3.63, 3.8) is 0 Å². The fourth-order valence-electron chi connectivity index (χ4n) is 4.15.